The summed E-state index contributed by atoms with van der Waals surface area (Å²) in [7, 11) is 1.64. The highest BCUT2D eigenvalue weighted by atomic mass is 32.2. The number of nitrogens with two attached hydrogens (primary N) is 1. The predicted molar refractivity (Wildman–Crippen MR) is 138 cm³/mol. The van der Waals surface area contributed by atoms with Crippen LogP contribution in [0.4, 0.5) is 11.6 Å². The van der Waals surface area contributed by atoms with Gasteiger partial charge in [0.05, 0.1) is 28.3 Å². The smallest absolute Gasteiger partial charge is 0.220 e. The molecule has 0 bridgehead atoms. The molecule has 7 nitrogen and oxygen atoms in total. The van der Waals surface area contributed by atoms with E-state index in [1.54, 1.807) is 12.5 Å². The molecule has 0 aliphatic rings. The van der Waals surface area contributed by atoms with E-state index in [0.717, 1.165) is 29.1 Å². The zero-order valence-electron chi connectivity index (χ0n) is 19.8. The maximum atomic E-state index is 12.1. The number of aromatic nitrogens is 3. The topological polar surface area (TPSA) is 97.0 Å². The molecular weight excluding hydrogens is 432 g/mol. The second-order valence-electron chi connectivity index (χ2n) is 8.26. The molecule has 3 aromatic rings. The zero-order chi connectivity index (χ0) is 24.2. The molecule has 1 unspecified atom stereocenters. The van der Waals surface area contributed by atoms with Crippen molar-refractivity contribution in [2.75, 3.05) is 30.8 Å². The van der Waals surface area contributed by atoms with Gasteiger partial charge in [-0.25, -0.2) is 14.2 Å². The van der Waals surface area contributed by atoms with Crippen molar-refractivity contribution in [2.24, 2.45) is 0 Å². The van der Waals surface area contributed by atoms with Gasteiger partial charge in [-0.1, -0.05) is 37.0 Å². The van der Waals surface area contributed by atoms with Crippen LogP contribution in [0.2, 0.25) is 0 Å². The van der Waals surface area contributed by atoms with E-state index in [1.165, 1.54) is 5.56 Å². The first-order valence-corrected chi connectivity index (χ1v) is 12.7. The highest BCUT2D eigenvalue weighted by Crippen LogP contribution is 2.26. The van der Waals surface area contributed by atoms with E-state index in [0.29, 0.717) is 23.4 Å². The normalized spacial score (nSPS) is 12.7. The Morgan fingerprint density at radius 2 is 1.97 bits per heavy atom. The fourth-order valence-electron chi connectivity index (χ4n) is 3.38. The molecule has 1 atom stereocenters. The Labute approximate surface area is 196 Å². The Hall–Kier alpha value is -3.41. The van der Waals surface area contributed by atoms with Gasteiger partial charge in [0.15, 0.2) is 0 Å². The quantitative estimate of drug-likeness (QED) is 0.432. The van der Waals surface area contributed by atoms with Crippen LogP contribution in [0.25, 0.3) is 11.3 Å². The van der Waals surface area contributed by atoms with Gasteiger partial charge in [-0.2, -0.15) is 0 Å². The number of nitrogens with zero attached hydrogens (tertiary/aromatic N) is 4. The van der Waals surface area contributed by atoms with Gasteiger partial charge in [0.2, 0.25) is 5.95 Å². The molecule has 3 rings (SSSR count). The number of nitrogen functional groups attached to an aromatic ring is 1. The second-order valence-corrected chi connectivity index (χ2v) is 10.5. The van der Waals surface area contributed by atoms with Crippen molar-refractivity contribution in [3.63, 3.8) is 0 Å². The third-order valence-electron chi connectivity index (χ3n) is 4.78. The number of rotatable bonds is 6. The summed E-state index contributed by atoms with van der Waals surface area (Å²) in [4.78, 5) is 15.5. The molecule has 0 fully saturated rings. The van der Waals surface area contributed by atoms with Gasteiger partial charge in [-0.15, -0.1) is 0 Å². The Kier molecular flexibility index (Phi) is 7.36. The van der Waals surface area contributed by atoms with Crippen molar-refractivity contribution in [3.8, 4) is 23.1 Å². The highest BCUT2D eigenvalue weighted by Gasteiger charge is 2.14. The van der Waals surface area contributed by atoms with Gasteiger partial charge in [-0.3, -0.25) is 4.98 Å². The standard InChI is InChI=1S/C25H30N6OS/c1-7-22-21(12-11-18-14-23(17(2)27-15-18)30-33(5,6)32)24(29-25(26)28-22)20-10-8-9-19(13-20)16-31(3)4/h8-10,13-15H,5,7,16H2,1-4,6H3,(H,30,32)(H2,26,28,29). The van der Waals surface area contributed by atoms with E-state index >= 15 is 0 Å². The number of aryl methyl sites for hydroxylation is 2. The molecule has 2 heterocycles. The molecular formula is C25H30N6OS. The molecule has 0 saturated heterocycles. The van der Waals surface area contributed by atoms with Crippen molar-refractivity contribution < 1.29 is 4.21 Å². The number of nitrogens with one attached hydrogen (secondary N) is 1. The molecule has 8 heteroatoms. The first kappa shape index (κ1) is 24.2. The number of anilines is 2. The monoisotopic (exact) mass is 462 g/mol. The predicted octanol–water partition coefficient (Wildman–Crippen LogP) is 3.13. The minimum atomic E-state index is -2.43. The number of hydrogen-bond acceptors (Lipinski definition) is 6. The second kappa shape index (κ2) is 10.0. The Bertz CT molecular complexity index is 1340. The summed E-state index contributed by atoms with van der Waals surface area (Å²) in [5.74, 6) is 10.3. The molecule has 0 aliphatic carbocycles. The molecule has 1 aromatic carbocycles. The first-order valence-electron chi connectivity index (χ1n) is 10.5. The van der Waals surface area contributed by atoms with Crippen LogP contribution in [0.1, 0.15) is 35.0 Å². The van der Waals surface area contributed by atoms with E-state index in [4.69, 9.17) is 5.73 Å². The van der Waals surface area contributed by atoms with Crippen LogP contribution in [-0.4, -0.2) is 50.3 Å². The molecule has 33 heavy (non-hydrogen) atoms. The first-order chi connectivity index (χ1) is 15.6. The summed E-state index contributed by atoms with van der Waals surface area (Å²) in [6.07, 6.45) is 3.90. The Morgan fingerprint density at radius 1 is 1.21 bits per heavy atom. The summed E-state index contributed by atoms with van der Waals surface area (Å²) in [5.41, 5.74) is 12.4. The molecule has 172 valence electrons. The lowest BCUT2D eigenvalue weighted by Crippen LogP contribution is -2.11. The van der Waals surface area contributed by atoms with Crippen molar-refractivity contribution >= 4 is 27.2 Å². The van der Waals surface area contributed by atoms with E-state index in [1.807, 2.05) is 46.1 Å². The minimum absolute atomic E-state index is 0.224. The number of pyridine rings is 1. The lowest BCUT2D eigenvalue weighted by Gasteiger charge is -2.13. The molecule has 0 spiro atoms. The third-order valence-corrected chi connectivity index (χ3v) is 5.43. The van der Waals surface area contributed by atoms with Crippen LogP contribution >= 0.6 is 0 Å². The largest absolute Gasteiger partial charge is 0.368 e. The van der Waals surface area contributed by atoms with Crippen LogP contribution in [-0.2, 0) is 22.7 Å². The molecule has 0 radical (unpaired) electrons. The maximum absolute atomic E-state index is 12.1. The molecule has 2 aromatic heterocycles. The fraction of sp³-hybridized carbons (Fsp3) is 0.280. The van der Waals surface area contributed by atoms with Crippen LogP contribution in [0.3, 0.4) is 0 Å². The van der Waals surface area contributed by atoms with Gasteiger partial charge in [0, 0.05) is 39.8 Å². The van der Waals surface area contributed by atoms with Gasteiger partial charge in [0.25, 0.3) is 0 Å². The maximum Gasteiger partial charge on any atom is 0.220 e. The van der Waals surface area contributed by atoms with Crippen molar-refractivity contribution in [3.05, 3.63) is 64.6 Å². The Balaban J connectivity index is 2.11. The van der Waals surface area contributed by atoms with Gasteiger partial charge >= 0.3 is 0 Å². The van der Waals surface area contributed by atoms with Gasteiger partial charge < -0.3 is 15.4 Å². The lowest BCUT2D eigenvalue weighted by molar-refractivity contribution is 0.402. The van der Waals surface area contributed by atoms with Crippen LogP contribution in [0.15, 0.2) is 36.5 Å². The summed E-state index contributed by atoms with van der Waals surface area (Å²) in [5, 5.41) is 0. The average molecular weight is 463 g/mol. The van der Waals surface area contributed by atoms with Gasteiger partial charge in [-0.05, 0) is 51.0 Å². The summed E-state index contributed by atoms with van der Waals surface area (Å²) in [6.45, 7) is 4.67. The highest BCUT2D eigenvalue weighted by molar-refractivity contribution is 8.00. The van der Waals surface area contributed by atoms with Crippen LogP contribution < -0.4 is 10.5 Å². The van der Waals surface area contributed by atoms with Crippen molar-refractivity contribution in [1.29, 1.82) is 0 Å². The zero-order valence-corrected chi connectivity index (χ0v) is 20.6. The fourth-order valence-corrected chi connectivity index (χ4v) is 4.05. The third kappa shape index (κ3) is 6.54. The molecule has 0 amide bonds. The number of hydrogen-bond donors (Lipinski definition) is 2. The van der Waals surface area contributed by atoms with Crippen LogP contribution in [0, 0.1) is 18.8 Å². The molecule has 3 N–H and O–H groups in total. The Morgan fingerprint density at radius 3 is 2.64 bits per heavy atom. The van der Waals surface area contributed by atoms with Crippen molar-refractivity contribution in [1.82, 2.24) is 19.9 Å². The lowest BCUT2D eigenvalue weighted by atomic mass is 10.0. The molecule has 0 saturated carbocycles. The van der Waals surface area contributed by atoms with Crippen LogP contribution in [0.5, 0.6) is 0 Å². The summed E-state index contributed by atoms with van der Waals surface area (Å²) >= 11 is 0. The summed E-state index contributed by atoms with van der Waals surface area (Å²) < 4.78 is 15.0. The van der Waals surface area contributed by atoms with E-state index in [-0.39, 0.29) is 5.95 Å². The van der Waals surface area contributed by atoms with E-state index < -0.39 is 9.71 Å². The van der Waals surface area contributed by atoms with E-state index in [2.05, 4.69) is 54.4 Å². The minimum Gasteiger partial charge on any atom is -0.368 e. The average Bonchev–Trinajstić information content (AvgIpc) is 2.73. The molecule has 0 aliphatic heterocycles. The number of benzene rings is 1. The van der Waals surface area contributed by atoms with E-state index in [9.17, 15) is 4.21 Å². The SMILES string of the molecule is C=S(C)(=O)Nc1cc(C#Cc2c(CC)nc(N)nc2-c2cccc(CN(C)C)c2)cnc1C. The summed E-state index contributed by atoms with van der Waals surface area (Å²) in [6, 6.07) is 10.0. The van der Waals surface area contributed by atoms with Crippen molar-refractivity contribution in [2.45, 2.75) is 26.8 Å². The van der Waals surface area contributed by atoms with Gasteiger partial charge in [0.1, 0.15) is 0 Å².